The first-order valence-electron chi connectivity index (χ1n) is 5.42. The van der Waals surface area contributed by atoms with Crippen LogP contribution < -0.4 is 5.32 Å². The first-order chi connectivity index (χ1) is 8.61. The number of halogens is 3. The van der Waals surface area contributed by atoms with Crippen LogP contribution in [0.15, 0.2) is 22.9 Å². The first kappa shape index (κ1) is 13.6. The number of pyridine rings is 1. The van der Waals surface area contributed by atoms with Gasteiger partial charge in [0.1, 0.15) is 5.82 Å². The molecular formula is C11H11BrCl2N4. The summed E-state index contributed by atoms with van der Waals surface area (Å²) < 4.78 is 2.46. The number of nitrogens with zero attached hydrogens (tertiary/aromatic N) is 3. The maximum absolute atomic E-state index is 6.13. The molecule has 0 aliphatic carbocycles. The highest BCUT2D eigenvalue weighted by Gasteiger charge is 2.11. The summed E-state index contributed by atoms with van der Waals surface area (Å²) >= 11 is 15.5. The summed E-state index contributed by atoms with van der Waals surface area (Å²) in [5.41, 5.74) is 0. The van der Waals surface area contributed by atoms with Gasteiger partial charge in [-0.25, -0.2) is 9.67 Å². The fourth-order valence-corrected chi connectivity index (χ4v) is 2.20. The summed E-state index contributed by atoms with van der Waals surface area (Å²) in [5, 5.41) is 8.26. The van der Waals surface area contributed by atoms with Crippen LogP contribution in [0.4, 0.5) is 5.82 Å². The van der Waals surface area contributed by atoms with Crippen LogP contribution in [0.1, 0.15) is 13.3 Å². The molecule has 0 radical (unpaired) electrons. The van der Waals surface area contributed by atoms with Gasteiger partial charge in [-0.3, -0.25) is 0 Å². The molecule has 2 rings (SSSR count). The molecule has 2 aromatic heterocycles. The number of rotatable bonds is 4. The van der Waals surface area contributed by atoms with Gasteiger partial charge in [-0.15, -0.1) is 0 Å². The van der Waals surface area contributed by atoms with Gasteiger partial charge in [-0.05, 0) is 28.4 Å². The lowest BCUT2D eigenvalue weighted by Gasteiger charge is -2.10. The Balaban J connectivity index is 2.41. The topological polar surface area (TPSA) is 42.7 Å². The molecule has 0 fully saturated rings. The van der Waals surface area contributed by atoms with Gasteiger partial charge in [0.2, 0.25) is 0 Å². The van der Waals surface area contributed by atoms with Gasteiger partial charge in [0.15, 0.2) is 5.82 Å². The molecule has 7 heteroatoms. The summed E-state index contributed by atoms with van der Waals surface area (Å²) in [4.78, 5) is 4.40. The zero-order valence-electron chi connectivity index (χ0n) is 9.62. The van der Waals surface area contributed by atoms with E-state index >= 15 is 0 Å². The lowest BCUT2D eigenvalue weighted by Crippen LogP contribution is -2.06. The van der Waals surface area contributed by atoms with E-state index in [2.05, 4.69) is 38.3 Å². The van der Waals surface area contributed by atoms with Crippen LogP contribution in [0.5, 0.6) is 0 Å². The summed E-state index contributed by atoms with van der Waals surface area (Å²) in [5.74, 6) is 1.16. The van der Waals surface area contributed by atoms with Gasteiger partial charge in [-0.2, -0.15) is 5.10 Å². The second-order valence-electron chi connectivity index (χ2n) is 3.65. The van der Waals surface area contributed by atoms with Crippen LogP contribution in [0, 0.1) is 0 Å². The molecule has 1 N–H and O–H groups in total. The smallest absolute Gasteiger partial charge is 0.174 e. The Labute approximate surface area is 123 Å². The minimum Gasteiger partial charge on any atom is -0.369 e. The second kappa shape index (κ2) is 5.91. The van der Waals surface area contributed by atoms with Crippen molar-refractivity contribution in [3.8, 4) is 5.82 Å². The molecule has 0 saturated carbocycles. The number of aromatic nitrogens is 3. The molecule has 0 amide bonds. The lowest BCUT2D eigenvalue weighted by atomic mass is 10.4. The molecule has 96 valence electrons. The number of nitrogens with one attached hydrogen (secondary N) is 1. The standard InChI is InChI=1S/C11H11BrCl2N4/c1-2-3-15-10-8(13)4-9(14)11(17-10)18-6-7(12)5-16-18/h4-6H,2-3H2,1H3,(H,15,17). The molecule has 4 nitrogen and oxygen atoms in total. The van der Waals surface area contributed by atoms with Gasteiger partial charge in [0.05, 0.1) is 20.7 Å². The second-order valence-corrected chi connectivity index (χ2v) is 5.38. The number of anilines is 1. The third-order valence-corrected chi connectivity index (χ3v) is 3.20. The highest BCUT2D eigenvalue weighted by Crippen LogP contribution is 2.28. The molecule has 0 aliphatic rings. The maximum atomic E-state index is 6.13. The van der Waals surface area contributed by atoms with Crippen molar-refractivity contribution in [1.82, 2.24) is 14.8 Å². The zero-order chi connectivity index (χ0) is 13.1. The van der Waals surface area contributed by atoms with E-state index in [4.69, 9.17) is 23.2 Å². The van der Waals surface area contributed by atoms with Gasteiger partial charge in [-0.1, -0.05) is 30.1 Å². The molecule has 0 atom stereocenters. The molecule has 2 aromatic rings. The first-order valence-corrected chi connectivity index (χ1v) is 6.97. The Morgan fingerprint density at radius 3 is 2.78 bits per heavy atom. The molecular weight excluding hydrogens is 339 g/mol. The summed E-state index contributed by atoms with van der Waals surface area (Å²) in [7, 11) is 0. The van der Waals surface area contributed by atoms with E-state index in [-0.39, 0.29) is 0 Å². The monoisotopic (exact) mass is 348 g/mol. The van der Waals surface area contributed by atoms with E-state index in [1.54, 1.807) is 23.1 Å². The fraction of sp³-hybridized carbons (Fsp3) is 0.273. The van der Waals surface area contributed by atoms with Crippen molar-refractivity contribution >= 4 is 44.9 Å². The SMILES string of the molecule is CCCNc1nc(-n2cc(Br)cn2)c(Cl)cc1Cl. The summed E-state index contributed by atoms with van der Waals surface area (Å²) in [6, 6.07) is 1.67. The van der Waals surface area contributed by atoms with Gasteiger partial charge < -0.3 is 5.32 Å². The normalized spacial score (nSPS) is 10.7. The van der Waals surface area contributed by atoms with Crippen molar-refractivity contribution in [3.63, 3.8) is 0 Å². The predicted molar refractivity (Wildman–Crippen MR) is 77.9 cm³/mol. The summed E-state index contributed by atoms with van der Waals surface area (Å²) in [6.45, 7) is 2.87. The van der Waals surface area contributed by atoms with Crippen LogP contribution in [0.25, 0.3) is 5.82 Å². The molecule has 0 saturated heterocycles. The van der Waals surface area contributed by atoms with Crippen molar-refractivity contribution in [2.45, 2.75) is 13.3 Å². The van der Waals surface area contributed by atoms with Crippen LogP contribution in [0.3, 0.4) is 0 Å². The van der Waals surface area contributed by atoms with Crippen molar-refractivity contribution in [2.75, 3.05) is 11.9 Å². The van der Waals surface area contributed by atoms with E-state index in [1.807, 2.05) is 0 Å². The maximum Gasteiger partial charge on any atom is 0.174 e. The summed E-state index contributed by atoms with van der Waals surface area (Å²) in [6.07, 6.45) is 4.45. The average molecular weight is 350 g/mol. The average Bonchev–Trinajstić information content (AvgIpc) is 2.74. The van der Waals surface area contributed by atoms with E-state index in [9.17, 15) is 0 Å². The van der Waals surface area contributed by atoms with Gasteiger partial charge >= 0.3 is 0 Å². The Morgan fingerprint density at radius 2 is 2.17 bits per heavy atom. The molecule has 18 heavy (non-hydrogen) atoms. The van der Waals surface area contributed by atoms with Crippen molar-refractivity contribution in [3.05, 3.63) is 33.0 Å². The Bertz CT molecular complexity index is 556. The molecule has 0 aliphatic heterocycles. The van der Waals surface area contributed by atoms with Crippen LogP contribution in [-0.2, 0) is 0 Å². The molecule has 0 spiro atoms. The largest absolute Gasteiger partial charge is 0.369 e. The highest BCUT2D eigenvalue weighted by molar-refractivity contribution is 9.10. The molecule has 0 aromatic carbocycles. The Hall–Kier alpha value is -0.780. The fourth-order valence-electron chi connectivity index (χ4n) is 1.40. The third kappa shape index (κ3) is 2.96. The van der Waals surface area contributed by atoms with Crippen LogP contribution >= 0.6 is 39.1 Å². The van der Waals surface area contributed by atoms with E-state index < -0.39 is 0 Å². The van der Waals surface area contributed by atoms with Crippen molar-refractivity contribution < 1.29 is 0 Å². The van der Waals surface area contributed by atoms with Gasteiger partial charge in [0.25, 0.3) is 0 Å². The van der Waals surface area contributed by atoms with E-state index in [0.29, 0.717) is 21.7 Å². The Morgan fingerprint density at radius 1 is 1.39 bits per heavy atom. The predicted octanol–water partition coefficient (Wildman–Crippen LogP) is 4.16. The minimum absolute atomic E-state index is 0.456. The lowest BCUT2D eigenvalue weighted by molar-refractivity contribution is 0.845. The minimum atomic E-state index is 0.456. The van der Waals surface area contributed by atoms with E-state index in [0.717, 1.165) is 17.4 Å². The van der Waals surface area contributed by atoms with Crippen LogP contribution in [0.2, 0.25) is 10.0 Å². The zero-order valence-corrected chi connectivity index (χ0v) is 12.7. The molecule has 0 bridgehead atoms. The highest BCUT2D eigenvalue weighted by atomic mass is 79.9. The van der Waals surface area contributed by atoms with Gasteiger partial charge in [0, 0.05) is 12.7 Å². The number of hydrogen-bond acceptors (Lipinski definition) is 3. The Kier molecular flexibility index (Phi) is 4.48. The quantitative estimate of drug-likeness (QED) is 0.901. The van der Waals surface area contributed by atoms with Crippen molar-refractivity contribution in [1.29, 1.82) is 0 Å². The molecule has 0 unspecified atom stereocenters. The van der Waals surface area contributed by atoms with Crippen LogP contribution in [-0.4, -0.2) is 21.3 Å². The van der Waals surface area contributed by atoms with E-state index in [1.165, 1.54) is 0 Å². The number of hydrogen-bond donors (Lipinski definition) is 1. The molecule has 2 heterocycles. The van der Waals surface area contributed by atoms with Crippen molar-refractivity contribution in [2.24, 2.45) is 0 Å². The third-order valence-electron chi connectivity index (χ3n) is 2.22.